The molecule has 1 aromatic carbocycles. The van der Waals surface area contributed by atoms with E-state index in [-0.39, 0.29) is 44.4 Å². The van der Waals surface area contributed by atoms with Gasteiger partial charge >= 0.3 is 18.5 Å². The maximum absolute atomic E-state index is 13.2. The molecule has 0 aliphatic carbocycles. The second-order valence-corrected chi connectivity index (χ2v) is 5.92. The quantitative estimate of drug-likeness (QED) is 0.753. The van der Waals surface area contributed by atoms with Crippen LogP contribution in [0.2, 0.25) is 0 Å². The Hall–Kier alpha value is -1.49. The third-order valence-electron chi connectivity index (χ3n) is 4.06. The second-order valence-electron chi connectivity index (χ2n) is 5.92. The lowest BCUT2D eigenvalue weighted by Gasteiger charge is -2.37. The largest absolute Gasteiger partial charge is 0.416 e. The van der Waals surface area contributed by atoms with Crippen molar-refractivity contribution in [3.63, 3.8) is 0 Å². The first-order valence-corrected chi connectivity index (χ1v) is 7.59. The fourth-order valence-corrected chi connectivity index (χ4v) is 2.92. The predicted molar refractivity (Wildman–Crippen MR) is 74.3 cm³/mol. The van der Waals surface area contributed by atoms with E-state index >= 15 is 0 Å². The van der Waals surface area contributed by atoms with Gasteiger partial charge in [0.25, 0.3) is 0 Å². The molecule has 0 amide bonds. The standard InChI is InChI=1S/C15H15F9N2/c16-13(17,18)8-12(26-5-3-25-4-6-26)10-7-9(14(19,20)21)1-2-11(10)15(22,23)24/h1-2,7,12,25H,3-6,8H2/t12-/m0/s1. The highest BCUT2D eigenvalue weighted by atomic mass is 19.4. The van der Waals surface area contributed by atoms with Crippen LogP contribution in [0.4, 0.5) is 39.5 Å². The molecule has 1 atom stereocenters. The van der Waals surface area contributed by atoms with Crippen molar-refractivity contribution >= 4 is 0 Å². The van der Waals surface area contributed by atoms with Crippen LogP contribution in [0.5, 0.6) is 0 Å². The van der Waals surface area contributed by atoms with Crippen LogP contribution < -0.4 is 5.32 Å². The molecule has 11 heteroatoms. The zero-order valence-electron chi connectivity index (χ0n) is 13.2. The molecule has 2 rings (SSSR count). The Kier molecular flexibility index (Phi) is 5.81. The van der Waals surface area contributed by atoms with E-state index in [1.165, 1.54) is 0 Å². The summed E-state index contributed by atoms with van der Waals surface area (Å²) < 4.78 is 117. The van der Waals surface area contributed by atoms with Gasteiger partial charge in [0, 0.05) is 32.2 Å². The van der Waals surface area contributed by atoms with E-state index in [4.69, 9.17) is 0 Å². The van der Waals surface area contributed by atoms with Crippen molar-refractivity contribution in [3.8, 4) is 0 Å². The summed E-state index contributed by atoms with van der Waals surface area (Å²) in [5.41, 5.74) is -3.91. The van der Waals surface area contributed by atoms with Crippen LogP contribution in [0.3, 0.4) is 0 Å². The molecule has 0 spiro atoms. The summed E-state index contributed by atoms with van der Waals surface area (Å²) in [6, 6.07) is -1.24. The van der Waals surface area contributed by atoms with Crippen molar-refractivity contribution in [2.75, 3.05) is 26.2 Å². The average molecular weight is 394 g/mol. The van der Waals surface area contributed by atoms with Crippen LogP contribution in [-0.4, -0.2) is 37.3 Å². The summed E-state index contributed by atoms with van der Waals surface area (Å²) in [7, 11) is 0. The van der Waals surface area contributed by atoms with Gasteiger partial charge in [-0.15, -0.1) is 0 Å². The number of hydrogen-bond acceptors (Lipinski definition) is 2. The Balaban J connectivity index is 2.59. The van der Waals surface area contributed by atoms with Crippen molar-refractivity contribution < 1.29 is 39.5 Å². The monoisotopic (exact) mass is 394 g/mol. The molecule has 1 heterocycles. The van der Waals surface area contributed by atoms with Crippen LogP contribution >= 0.6 is 0 Å². The zero-order valence-corrected chi connectivity index (χ0v) is 13.2. The van der Waals surface area contributed by atoms with Gasteiger partial charge in [0.1, 0.15) is 0 Å². The fraction of sp³-hybridized carbons (Fsp3) is 0.600. The Morgan fingerprint density at radius 1 is 0.885 bits per heavy atom. The van der Waals surface area contributed by atoms with Crippen LogP contribution in [0, 0.1) is 0 Å². The number of piperazine rings is 1. The van der Waals surface area contributed by atoms with Crippen LogP contribution in [-0.2, 0) is 12.4 Å². The number of nitrogens with zero attached hydrogens (tertiary/aromatic N) is 1. The lowest BCUT2D eigenvalue weighted by Crippen LogP contribution is -2.46. The smallest absolute Gasteiger partial charge is 0.314 e. The van der Waals surface area contributed by atoms with Crippen molar-refractivity contribution in [2.24, 2.45) is 0 Å². The molecule has 0 bridgehead atoms. The lowest BCUT2D eigenvalue weighted by molar-refractivity contribution is -0.153. The molecular weight excluding hydrogens is 379 g/mol. The highest BCUT2D eigenvalue weighted by Crippen LogP contribution is 2.43. The number of hydrogen-bond donors (Lipinski definition) is 1. The molecule has 1 N–H and O–H groups in total. The lowest BCUT2D eigenvalue weighted by atomic mass is 9.93. The summed E-state index contributed by atoms with van der Waals surface area (Å²) in [5, 5.41) is 2.84. The van der Waals surface area contributed by atoms with Crippen LogP contribution in [0.1, 0.15) is 29.2 Å². The molecule has 0 aromatic heterocycles. The van der Waals surface area contributed by atoms with Gasteiger partial charge in [0.05, 0.1) is 17.5 Å². The van der Waals surface area contributed by atoms with Gasteiger partial charge in [0.15, 0.2) is 0 Å². The van der Waals surface area contributed by atoms with Gasteiger partial charge in [0.2, 0.25) is 0 Å². The van der Waals surface area contributed by atoms with Crippen LogP contribution in [0.25, 0.3) is 0 Å². The van der Waals surface area contributed by atoms with Gasteiger partial charge < -0.3 is 5.32 Å². The summed E-state index contributed by atoms with van der Waals surface area (Å²) in [6.45, 7) is 0.450. The molecule has 148 valence electrons. The Morgan fingerprint density at radius 2 is 1.46 bits per heavy atom. The average Bonchev–Trinajstić information content (AvgIpc) is 2.50. The maximum Gasteiger partial charge on any atom is 0.416 e. The molecule has 26 heavy (non-hydrogen) atoms. The number of halogens is 9. The minimum atomic E-state index is -5.07. The molecule has 2 nitrogen and oxygen atoms in total. The summed E-state index contributed by atoms with van der Waals surface area (Å²) >= 11 is 0. The molecule has 1 saturated heterocycles. The fourth-order valence-electron chi connectivity index (χ4n) is 2.92. The molecule has 1 aliphatic rings. The normalized spacial score (nSPS) is 18.8. The van der Waals surface area contributed by atoms with E-state index in [2.05, 4.69) is 5.32 Å². The van der Waals surface area contributed by atoms with E-state index in [1.807, 2.05) is 0 Å². The third kappa shape index (κ3) is 5.26. The van der Waals surface area contributed by atoms with Gasteiger partial charge in [-0.2, -0.15) is 39.5 Å². The van der Waals surface area contributed by atoms with Crippen molar-refractivity contribution in [2.45, 2.75) is 31.0 Å². The van der Waals surface area contributed by atoms with E-state index in [1.54, 1.807) is 0 Å². The number of benzene rings is 1. The maximum atomic E-state index is 13.2. The Morgan fingerprint density at radius 3 is 1.92 bits per heavy atom. The first-order valence-electron chi connectivity index (χ1n) is 7.59. The van der Waals surface area contributed by atoms with E-state index in [0.29, 0.717) is 0 Å². The number of alkyl halides is 9. The SMILES string of the molecule is FC(F)(F)C[C@@H](c1cc(C(F)(F)F)ccc1C(F)(F)F)N1CCNCC1. The highest BCUT2D eigenvalue weighted by molar-refractivity contribution is 5.38. The molecular formula is C15H15F9N2. The molecule has 0 saturated carbocycles. The summed E-state index contributed by atoms with van der Waals surface area (Å²) in [4.78, 5) is 1.13. The third-order valence-corrected chi connectivity index (χ3v) is 4.06. The molecule has 1 fully saturated rings. The molecule has 1 aromatic rings. The van der Waals surface area contributed by atoms with Crippen molar-refractivity contribution in [3.05, 3.63) is 34.9 Å². The number of rotatable bonds is 3. The zero-order chi connectivity index (χ0) is 19.8. The van der Waals surface area contributed by atoms with E-state index in [9.17, 15) is 39.5 Å². The van der Waals surface area contributed by atoms with Gasteiger partial charge in [-0.25, -0.2) is 0 Å². The molecule has 1 aliphatic heterocycles. The van der Waals surface area contributed by atoms with E-state index in [0.717, 1.165) is 4.90 Å². The summed E-state index contributed by atoms with van der Waals surface area (Å²) in [5.74, 6) is 0. The van der Waals surface area contributed by atoms with E-state index < -0.39 is 47.7 Å². The van der Waals surface area contributed by atoms with Gasteiger partial charge in [-0.3, -0.25) is 4.90 Å². The summed E-state index contributed by atoms with van der Waals surface area (Å²) in [6.07, 6.45) is -16.5. The minimum absolute atomic E-state index is 0.00567. The van der Waals surface area contributed by atoms with Crippen molar-refractivity contribution in [1.29, 1.82) is 0 Å². The van der Waals surface area contributed by atoms with Gasteiger partial charge in [-0.1, -0.05) is 0 Å². The topological polar surface area (TPSA) is 15.3 Å². The molecule has 0 unspecified atom stereocenters. The van der Waals surface area contributed by atoms with Gasteiger partial charge in [-0.05, 0) is 23.8 Å². The Bertz CT molecular complexity index is 613. The number of nitrogens with one attached hydrogen (secondary N) is 1. The first kappa shape index (κ1) is 20.8. The predicted octanol–water partition coefficient (Wildman–Crippen LogP) is 4.62. The van der Waals surface area contributed by atoms with Crippen LogP contribution in [0.15, 0.2) is 18.2 Å². The second kappa shape index (κ2) is 7.26. The molecule has 0 radical (unpaired) electrons. The highest BCUT2D eigenvalue weighted by Gasteiger charge is 2.43. The van der Waals surface area contributed by atoms with Crippen molar-refractivity contribution in [1.82, 2.24) is 10.2 Å². The minimum Gasteiger partial charge on any atom is -0.314 e. The first-order chi connectivity index (χ1) is 11.8. The Labute approximate surface area is 143 Å².